The van der Waals surface area contributed by atoms with E-state index in [1.165, 1.54) is 0 Å². The molecule has 0 radical (unpaired) electrons. The second kappa shape index (κ2) is 6.35. The fourth-order valence-electron chi connectivity index (χ4n) is 2.62. The smallest absolute Gasteiger partial charge is 0.125 e. The molecule has 1 aliphatic rings. The summed E-state index contributed by atoms with van der Waals surface area (Å²) in [6, 6.07) is 5.92. The lowest BCUT2D eigenvalue weighted by atomic mass is 10.1. The zero-order valence-corrected chi connectivity index (χ0v) is 12.1. The first kappa shape index (κ1) is 14.3. The highest BCUT2D eigenvalue weighted by Crippen LogP contribution is 2.20. The molecule has 0 spiro atoms. The Balaban J connectivity index is 2.06. The van der Waals surface area contributed by atoms with Gasteiger partial charge in [-0.1, -0.05) is 0 Å². The van der Waals surface area contributed by atoms with Crippen molar-refractivity contribution >= 4 is 5.69 Å². The van der Waals surface area contributed by atoms with E-state index in [2.05, 4.69) is 35.0 Å². The molecule has 1 aliphatic heterocycles. The van der Waals surface area contributed by atoms with E-state index in [1.807, 2.05) is 7.05 Å². The van der Waals surface area contributed by atoms with Crippen LogP contribution >= 0.6 is 0 Å². The molecular formula is C15H24FN3. The van der Waals surface area contributed by atoms with E-state index in [-0.39, 0.29) is 5.82 Å². The van der Waals surface area contributed by atoms with Gasteiger partial charge in [-0.15, -0.1) is 0 Å². The summed E-state index contributed by atoms with van der Waals surface area (Å²) in [5.74, 6) is -0.144. The Morgan fingerprint density at radius 3 is 2.42 bits per heavy atom. The van der Waals surface area contributed by atoms with Gasteiger partial charge in [0.1, 0.15) is 5.82 Å². The van der Waals surface area contributed by atoms with Gasteiger partial charge in [-0.25, -0.2) is 4.39 Å². The molecule has 1 aromatic carbocycles. The first-order valence-corrected chi connectivity index (χ1v) is 7.03. The Morgan fingerprint density at radius 2 is 1.84 bits per heavy atom. The van der Waals surface area contributed by atoms with Crippen molar-refractivity contribution in [2.45, 2.75) is 26.4 Å². The van der Waals surface area contributed by atoms with Crippen LogP contribution in [0.1, 0.15) is 19.4 Å². The van der Waals surface area contributed by atoms with Crippen molar-refractivity contribution in [1.29, 1.82) is 0 Å². The van der Waals surface area contributed by atoms with Gasteiger partial charge >= 0.3 is 0 Å². The van der Waals surface area contributed by atoms with Crippen LogP contribution in [0.2, 0.25) is 0 Å². The number of nitrogens with zero attached hydrogens (tertiary/aromatic N) is 2. The molecule has 1 saturated heterocycles. The van der Waals surface area contributed by atoms with Gasteiger partial charge in [-0.2, -0.15) is 0 Å². The summed E-state index contributed by atoms with van der Waals surface area (Å²) >= 11 is 0. The van der Waals surface area contributed by atoms with E-state index in [1.54, 1.807) is 12.1 Å². The lowest BCUT2D eigenvalue weighted by molar-refractivity contribution is 0.209. The van der Waals surface area contributed by atoms with E-state index in [0.29, 0.717) is 12.6 Å². The minimum Gasteiger partial charge on any atom is -0.369 e. The fraction of sp³-hybridized carbons (Fsp3) is 0.600. The molecule has 1 aromatic rings. The van der Waals surface area contributed by atoms with Gasteiger partial charge in [0.15, 0.2) is 0 Å². The second-order valence-corrected chi connectivity index (χ2v) is 5.46. The minimum atomic E-state index is -0.144. The van der Waals surface area contributed by atoms with E-state index in [0.717, 1.165) is 37.4 Å². The highest BCUT2D eigenvalue weighted by atomic mass is 19.1. The molecular weight excluding hydrogens is 241 g/mol. The van der Waals surface area contributed by atoms with Crippen molar-refractivity contribution in [2.75, 3.05) is 38.1 Å². The maximum atomic E-state index is 13.6. The molecule has 0 atom stereocenters. The molecule has 3 nitrogen and oxygen atoms in total. The monoisotopic (exact) mass is 265 g/mol. The van der Waals surface area contributed by atoms with Crippen LogP contribution in [0, 0.1) is 5.82 Å². The predicted molar refractivity (Wildman–Crippen MR) is 78.1 cm³/mol. The average Bonchev–Trinajstić information content (AvgIpc) is 2.38. The Kier molecular flexibility index (Phi) is 4.77. The van der Waals surface area contributed by atoms with E-state index < -0.39 is 0 Å². The normalized spacial score (nSPS) is 17.2. The van der Waals surface area contributed by atoms with Crippen molar-refractivity contribution in [3.05, 3.63) is 29.6 Å². The molecule has 19 heavy (non-hydrogen) atoms. The number of anilines is 1. The molecule has 0 bridgehead atoms. The summed E-state index contributed by atoms with van der Waals surface area (Å²) in [6.07, 6.45) is 0. The summed E-state index contributed by atoms with van der Waals surface area (Å²) in [7, 11) is 1.88. The quantitative estimate of drug-likeness (QED) is 0.899. The number of rotatable bonds is 4. The SMILES string of the molecule is CNCc1cc(F)cc(N2CCN(C(C)C)CC2)c1. The van der Waals surface area contributed by atoms with Gasteiger partial charge in [-0.3, -0.25) is 4.90 Å². The minimum absolute atomic E-state index is 0.144. The molecule has 0 unspecified atom stereocenters. The third-order valence-electron chi connectivity index (χ3n) is 3.73. The van der Waals surface area contributed by atoms with Crippen molar-refractivity contribution in [3.63, 3.8) is 0 Å². The molecule has 1 N–H and O–H groups in total. The van der Waals surface area contributed by atoms with Crippen LogP contribution in [0.3, 0.4) is 0 Å². The topological polar surface area (TPSA) is 18.5 Å². The molecule has 0 aromatic heterocycles. The van der Waals surface area contributed by atoms with Crippen LogP contribution in [-0.2, 0) is 6.54 Å². The molecule has 1 heterocycles. The number of benzene rings is 1. The van der Waals surface area contributed by atoms with Crippen molar-refractivity contribution in [2.24, 2.45) is 0 Å². The highest BCUT2D eigenvalue weighted by molar-refractivity contribution is 5.49. The maximum Gasteiger partial charge on any atom is 0.125 e. The second-order valence-electron chi connectivity index (χ2n) is 5.46. The van der Waals surface area contributed by atoms with Crippen LogP contribution in [0.4, 0.5) is 10.1 Å². The molecule has 0 saturated carbocycles. The zero-order chi connectivity index (χ0) is 13.8. The van der Waals surface area contributed by atoms with Gasteiger partial charge < -0.3 is 10.2 Å². The largest absolute Gasteiger partial charge is 0.369 e. The van der Waals surface area contributed by atoms with Crippen molar-refractivity contribution in [1.82, 2.24) is 10.2 Å². The van der Waals surface area contributed by atoms with Crippen LogP contribution in [0.5, 0.6) is 0 Å². The number of piperazine rings is 1. The van der Waals surface area contributed by atoms with Crippen molar-refractivity contribution in [3.8, 4) is 0 Å². The highest BCUT2D eigenvalue weighted by Gasteiger charge is 2.19. The summed E-state index contributed by atoms with van der Waals surface area (Å²) in [5.41, 5.74) is 2.01. The molecule has 106 valence electrons. The van der Waals surface area contributed by atoms with Gasteiger partial charge in [0, 0.05) is 44.5 Å². The molecule has 2 rings (SSSR count). The molecule has 4 heteroatoms. The third-order valence-corrected chi connectivity index (χ3v) is 3.73. The van der Waals surface area contributed by atoms with Crippen LogP contribution in [0.25, 0.3) is 0 Å². The van der Waals surface area contributed by atoms with Gasteiger partial charge in [-0.05, 0) is 44.7 Å². The third kappa shape index (κ3) is 3.67. The Morgan fingerprint density at radius 1 is 1.16 bits per heavy atom. The summed E-state index contributed by atoms with van der Waals surface area (Å²) in [4.78, 5) is 4.74. The van der Waals surface area contributed by atoms with Crippen LogP contribution in [0.15, 0.2) is 18.2 Å². The summed E-state index contributed by atoms with van der Waals surface area (Å²) in [5, 5.41) is 3.07. The molecule has 1 fully saturated rings. The number of hydrogen-bond donors (Lipinski definition) is 1. The average molecular weight is 265 g/mol. The van der Waals surface area contributed by atoms with Crippen LogP contribution < -0.4 is 10.2 Å². The summed E-state index contributed by atoms with van der Waals surface area (Å²) in [6.45, 7) is 9.20. The zero-order valence-electron chi connectivity index (χ0n) is 12.1. The van der Waals surface area contributed by atoms with Gasteiger partial charge in [0.05, 0.1) is 0 Å². The fourth-order valence-corrected chi connectivity index (χ4v) is 2.62. The van der Waals surface area contributed by atoms with Crippen molar-refractivity contribution < 1.29 is 4.39 Å². The number of hydrogen-bond acceptors (Lipinski definition) is 3. The van der Waals surface area contributed by atoms with E-state index in [4.69, 9.17) is 0 Å². The van der Waals surface area contributed by atoms with Crippen LogP contribution in [-0.4, -0.2) is 44.2 Å². The van der Waals surface area contributed by atoms with Gasteiger partial charge in [0.2, 0.25) is 0 Å². The number of halogens is 1. The molecule has 0 amide bonds. The lowest BCUT2D eigenvalue weighted by Crippen LogP contribution is -2.48. The Bertz CT molecular complexity index is 412. The van der Waals surface area contributed by atoms with E-state index in [9.17, 15) is 4.39 Å². The Labute approximate surface area is 115 Å². The molecule has 0 aliphatic carbocycles. The number of nitrogens with one attached hydrogen (secondary N) is 1. The standard InChI is InChI=1S/C15H24FN3/c1-12(2)18-4-6-19(7-5-18)15-9-13(11-17-3)8-14(16)10-15/h8-10,12,17H,4-7,11H2,1-3H3. The first-order valence-electron chi connectivity index (χ1n) is 7.03. The van der Waals surface area contributed by atoms with Gasteiger partial charge in [0.25, 0.3) is 0 Å². The Hall–Kier alpha value is -1.13. The maximum absolute atomic E-state index is 13.6. The summed E-state index contributed by atoms with van der Waals surface area (Å²) < 4.78 is 13.6. The van der Waals surface area contributed by atoms with E-state index >= 15 is 0 Å². The first-order chi connectivity index (χ1) is 9.10. The lowest BCUT2D eigenvalue weighted by Gasteiger charge is -2.38. The predicted octanol–water partition coefficient (Wildman–Crippen LogP) is 2.08.